The van der Waals surface area contributed by atoms with Gasteiger partial charge in [-0.1, -0.05) is 54.6 Å². The normalized spacial score (nSPS) is 17.5. The van der Waals surface area contributed by atoms with Crippen molar-refractivity contribution in [3.05, 3.63) is 131 Å². The molecule has 1 saturated heterocycles. The van der Waals surface area contributed by atoms with Crippen molar-refractivity contribution >= 4 is 34.4 Å². The number of para-hydroxylation sites is 2. The number of halogens is 1. The molecule has 9 heteroatoms. The molecule has 5 aromatic rings. The molecule has 2 aliphatic rings. The molecule has 0 bridgehead atoms. The summed E-state index contributed by atoms with van der Waals surface area (Å²) in [6.45, 7) is 0.301. The number of methoxy groups -OCH3 is 1. The smallest absolute Gasteiger partial charge is 0.332 e. The number of hydrogen-bond acceptors (Lipinski definition) is 4. The van der Waals surface area contributed by atoms with Crippen molar-refractivity contribution in [3.63, 3.8) is 0 Å². The van der Waals surface area contributed by atoms with Crippen LogP contribution in [0.25, 0.3) is 10.9 Å². The van der Waals surface area contributed by atoms with Gasteiger partial charge in [0.05, 0.1) is 18.4 Å². The summed E-state index contributed by atoms with van der Waals surface area (Å²) in [6, 6.07) is 26.3. The molecule has 8 nitrogen and oxygen atoms in total. The highest BCUT2D eigenvalue weighted by molar-refractivity contribution is 6.24. The van der Waals surface area contributed by atoms with Gasteiger partial charge in [-0.2, -0.15) is 0 Å². The number of fused-ring (bicyclic) bond motifs is 4. The summed E-state index contributed by atoms with van der Waals surface area (Å²) < 4.78 is 18.8. The number of aromatic nitrogens is 1. The molecule has 2 atom stereocenters. The lowest BCUT2D eigenvalue weighted by molar-refractivity contribution is -0.120. The lowest BCUT2D eigenvalue weighted by Crippen LogP contribution is -2.44. The van der Waals surface area contributed by atoms with Crippen molar-refractivity contribution in [2.75, 3.05) is 18.6 Å². The van der Waals surface area contributed by atoms with Crippen LogP contribution in [-0.2, 0) is 17.6 Å². The topological polar surface area (TPSA) is 94.7 Å². The van der Waals surface area contributed by atoms with E-state index in [-0.39, 0.29) is 23.0 Å². The molecule has 2 unspecified atom stereocenters. The number of urea groups is 1. The number of hydrogen-bond donors (Lipinski definition) is 2. The molecule has 7 rings (SSSR count). The van der Waals surface area contributed by atoms with Gasteiger partial charge in [-0.05, 0) is 65.6 Å². The summed E-state index contributed by atoms with van der Waals surface area (Å²) in [5.41, 5.74) is 4.91. The number of amides is 4. The van der Waals surface area contributed by atoms with Gasteiger partial charge in [0.2, 0.25) is 0 Å². The van der Waals surface area contributed by atoms with Crippen LogP contribution in [0.2, 0.25) is 0 Å². The Hall–Kier alpha value is -5.44. The Morgan fingerprint density at radius 2 is 1.75 bits per heavy atom. The second-order valence-corrected chi connectivity index (χ2v) is 11.0. The molecule has 2 N–H and O–H groups in total. The molecule has 0 radical (unpaired) electrons. The third-order valence-electron chi connectivity index (χ3n) is 8.46. The Labute approximate surface area is 253 Å². The van der Waals surface area contributed by atoms with Crippen LogP contribution in [0.15, 0.2) is 97.1 Å². The molecule has 4 aromatic carbocycles. The molecule has 1 fully saturated rings. The fraction of sp³-hybridized carbons (Fsp3) is 0.171. The fourth-order valence-corrected chi connectivity index (χ4v) is 6.38. The first kappa shape index (κ1) is 27.4. The fourth-order valence-electron chi connectivity index (χ4n) is 6.38. The molecule has 2 aliphatic heterocycles. The van der Waals surface area contributed by atoms with Gasteiger partial charge in [0.1, 0.15) is 23.7 Å². The highest BCUT2D eigenvalue weighted by Gasteiger charge is 2.53. The van der Waals surface area contributed by atoms with Crippen LogP contribution >= 0.6 is 0 Å². The lowest BCUT2D eigenvalue weighted by Gasteiger charge is -2.36. The molecule has 0 spiro atoms. The Morgan fingerprint density at radius 3 is 2.57 bits per heavy atom. The van der Waals surface area contributed by atoms with E-state index in [0.29, 0.717) is 25.1 Å². The minimum Gasteiger partial charge on any atom is -0.497 e. The van der Waals surface area contributed by atoms with Crippen LogP contribution in [0, 0.1) is 5.82 Å². The predicted molar refractivity (Wildman–Crippen MR) is 164 cm³/mol. The number of anilines is 1. The second-order valence-electron chi connectivity index (χ2n) is 11.0. The largest absolute Gasteiger partial charge is 0.497 e. The maximum atomic E-state index is 14.3. The van der Waals surface area contributed by atoms with Gasteiger partial charge in [0, 0.05) is 29.6 Å². The van der Waals surface area contributed by atoms with Crippen molar-refractivity contribution in [1.29, 1.82) is 0 Å². The highest BCUT2D eigenvalue weighted by Crippen LogP contribution is 2.45. The summed E-state index contributed by atoms with van der Waals surface area (Å²) in [7, 11) is 1.59. The molecular formula is C35H29FN4O4. The first-order valence-electron chi connectivity index (χ1n) is 14.5. The van der Waals surface area contributed by atoms with Gasteiger partial charge in [-0.15, -0.1) is 0 Å². The Bertz CT molecular complexity index is 1920. The predicted octanol–water partition coefficient (Wildman–Crippen LogP) is 5.77. The third-order valence-corrected chi connectivity index (χ3v) is 8.46. The number of ether oxygens (including phenoxy) is 1. The van der Waals surface area contributed by atoms with Gasteiger partial charge < -0.3 is 15.0 Å². The summed E-state index contributed by atoms with van der Waals surface area (Å²) in [5, 5.41) is 3.89. The second kappa shape index (κ2) is 11.0. The zero-order valence-electron chi connectivity index (χ0n) is 23.9. The van der Waals surface area contributed by atoms with E-state index in [1.54, 1.807) is 48.4 Å². The first-order valence-corrected chi connectivity index (χ1v) is 14.5. The molecule has 4 amide bonds. The van der Waals surface area contributed by atoms with E-state index in [9.17, 15) is 18.8 Å². The standard InChI is InChI=1S/C35H29FN4O4/c1-44-24-8-6-7-22(19-24)32-31-27(25-9-2-4-11-28(25)38-31)20-30-34(42)40(35(43)39(30)32)29-12-5-3-10-26(29)33(41)37-18-17-21-13-15-23(36)16-14-21/h2-16,19,30,32,38H,17-18,20H2,1H3,(H,37,41). The molecule has 220 valence electrons. The van der Waals surface area contributed by atoms with E-state index in [2.05, 4.69) is 10.3 Å². The van der Waals surface area contributed by atoms with E-state index in [1.165, 1.54) is 12.1 Å². The number of imide groups is 1. The van der Waals surface area contributed by atoms with Crippen molar-refractivity contribution in [2.45, 2.75) is 24.9 Å². The maximum absolute atomic E-state index is 14.3. The molecular weight excluding hydrogens is 559 g/mol. The van der Waals surface area contributed by atoms with Crippen LogP contribution in [0.3, 0.4) is 0 Å². The number of nitrogens with one attached hydrogen (secondary N) is 2. The Morgan fingerprint density at radius 1 is 0.977 bits per heavy atom. The SMILES string of the molecule is COc1cccc(C2c3[nH]c4ccccc4c3CC3C(=O)N(c4ccccc4C(=O)NCCc4ccc(F)cc4)C(=O)N32)c1. The minimum absolute atomic E-state index is 0.218. The van der Waals surface area contributed by atoms with E-state index in [1.807, 2.05) is 48.5 Å². The van der Waals surface area contributed by atoms with Crippen molar-refractivity contribution in [3.8, 4) is 5.75 Å². The van der Waals surface area contributed by atoms with Crippen LogP contribution in [0.4, 0.5) is 14.9 Å². The summed E-state index contributed by atoms with van der Waals surface area (Å²) in [4.78, 5) is 48.2. The van der Waals surface area contributed by atoms with Gasteiger partial charge in [-0.3, -0.25) is 14.5 Å². The molecule has 44 heavy (non-hydrogen) atoms. The number of carbonyl (C=O) groups excluding carboxylic acids is 3. The average molecular weight is 589 g/mol. The van der Waals surface area contributed by atoms with Gasteiger partial charge >= 0.3 is 6.03 Å². The number of rotatable bonds is 7. The van der Waals surface area contributed by atoms with Crippen LogP contribution in [0.1, 0.15) is 38.8 Å². The summed E-state index contributed by atoms with van der Waals surface area (Å²) >= 11 is 0. The average Bonchev–Trinajstić information content (AvgIpc) is 3.54. The van der Waals surface area contributed by atoms with Gasteiger partial charge in [0.25, 0.3) is 11.8 Å². The Balaban J connectivity index is 1.24. The van der Waals surface area contributed by atoms with E-state index < -0.39 is 24.0 Å². The maximum Gasteiger partial charge on any atom is 0.332 e. The molecule has 0 saturated carbocycles. The third kappa shape index (κ3) is 4.57. The quantitative estimate of drug-likeness (QED) is 0.236. The van der Waals surface area contributed by atoms with E-state index in [4.69, 9.17) is 4.74 Å². The first-order chi connectivity index (χ1) is 21.4. The number of carbonyl (C=O) groups is 3. The minimum atomic E-state index is -0.764. The zero-order valence-corrected chi connectivity index (χ0v) is 23.9. The summed E-state index contributed by atoms with van der Waals surface area (Å²) in [5.74, 6) is -0.476. The number of benzene rings is 4. The molecule has 1 aromatic heterocycles. The monoisotopic (exact) mass is 588 g/mol. The highest BCUT2D eigenvalue weighted by atomic mass is 19.1. The summed E-state index contributed by atoms with van der Waals surface area (Å²) in [6.07, 6.45) is 0.840. The van der Waals surface area contributed by atoms with Crippen molar-refractivity contribution in [1.82, 2.24) is 15.2 Å². The number of nitrogens with zero attached hydrogens (tertiary/aromatic N) is 2. The molecule has 0 aliphatic carbocycles. The number of aromatic amines is 1. The van der Waals surface area contributed by atoms with Gasteiger partial charge in [-0.25, -0.2) is 14.1 Å². The van der Waals surface area contributed by atoms with Crippen molar-refractivity contribution in [2.24, 2.45) is 0 Å². The number of H-pyrrole nitrogens is 1. The van der Waals surface area contributed by atoms with Gasteiger partial charge in [0.15, 0.2) is 0 Å². The van der Waals surface area contributed by atoms with E-state index in [0.717, 1.165) is 38.2 Å². The van der Waals surface area contributed by atoms with Crippen LogP contribution in [-0.4, -0.2) is 47.4 Å². The van der Waals surface area contributed by atoms with Crippen molar-refractivity contribution < 1.29 is 23.5 Å². The van der Waals surface area contributed by atoms with Crippen LogP contribution < -0.4 is 15.0 Å². The Kier molecular flexibility index (Phi) is 6.85. The van der Waals surface area contributed by atoms with E-state index >= 15 is 0 Å². The van der Waals surface area contributed by atoms with Crippen LogP contribution in [0.5, 0.6) is 5.75 Å². The molecule has 3 heterocycles. The lowest BCUT2D eigenvalue weighted by atomic mass is 9.89. The zero-order chi connectivity index (χ0) is 30.4.